The van der Waals surface area contributed by atoms with Crippen molar-refractivity contribution in [3.05, 3.63) is 107 Å². The van der Waals surface area contributed by atoms with Gasteiger partial charge in [-0.2, -0.15) is 0 Å². The predicted octanol–water partition coefficient (Wildman–Crippen LogP) is 5.23. The van der Waals surface area contributed by atoms with Crippen LogP contribution >= 0.6 is 23.4 Å². The van der Waals surface area contributed by atoms with Gasteiger partial charge in [-0.1, -0.05) is 89.6 Å². The van der Waals surface area contributed by atoms with Gasteiger partial charge in [0.2, 0.25) is 5.91 Å². The summed E-state index contributed by atoms with van der Waals surface area (Å²) in [5, 5.41) is 12.6. The van der Waals surface area contributed by atoms with Gasteiger partial charge in [-0.3, -0.25) is 9.36 Å². The molecule has 1 aromatic heterocycles. The lowest BCUT2D eigenvalue weighted by Crippen LogP contribution is -2.30. The van der Waals surface area contributed by atoms with E-state index in [1.807, 2.05) is 66.1 Å². The van der Waals surface area contributed by atoms with Crippen LogP contribution in [-0.2, 0) is 4.79 Å². The molecule has 0 radical (unpaired) electrons. The number of nitrogens with zero attached hydrogens (tertiary/aromatic N) is 3. The Balaban J connectivity index is 1.48. The second-order valence-corrected chi connectivity index (χ2v) is 8.45. The number of thioether (sulfide) groups is 1. The fraction of sp³-hybridized carbons (Fsp3) is 0.125. The van der Waals surface area contributed by atoms with E-state index in [1.54, 1.807) is 6.33 Å². The van der Waals surface area contributed by atoms with Crippen molar-refractivity contribution >= 4 is 29.3 Å². The summed E-state index contributed by atoms with van der Waals surface area (Å²) in [5.41, 5.74) is 4.10. The SMILES string of the molecule is Cc1ccc(C(NC(=O)CSc2nncn2-c2cccc(Cl)c2)c2ccccc2)cc1. The Morgan fingerprint density at radius 2 is 1.77 bits per heavy atom. The molecule has 3 aromatic carbocycles. The van der Waals surface area contributed by atoms with Crippen molar-refractivity contribution < 1.29 is 4.79 Å². The molecule has 0 saturated heterocycles. The Hall–Kier alpha value is -3.09. The van der Waals surface area contributed by atoms with Crippen LogP contribution in [0.2, 0.25) is 5.02 Å². The molecule has 0 aliphatic heterocycles. The lowest BCUT2D eigenvalue weighted by Gasteiger charge is -2.20. The van der Waals surface area contributed by atoms with Gasteiger partial charge in [-0.05, 0) is 36.2 Å². The molecule has 0 aliphatic carbocycles. The van der Waals surface area contributed by atoms with E-state index in [1.165, 1.54) is 17.3 Å². The number of halogens is 1. The average Bonchev–Trinajstić information content (AvgIpc) is 3.26. The smallest absolute Gasteiger partial charge is 0.231 e. The summed E-state index contributed by atoms with van der Waals surface area (Å²) < 4.78 is 1.82. The number of hydrogen-bond donors (Lipinski definition) is 1. The van der Waals surface area contributed by atoms with Gasteiger partial charge in [0.25, 0.3) is 0 Å². The number of nitrogens with one attached hydrogen (secondary N) is 1. The highest BCUT2D eigenvalue weighted by Gasteiger charge is 2.18. The molecule has 31 heavy (non-hydrogen) atoms. The topological polar surface area (TPSA) is 59.8 Å². The fourth-order valence-corrected chi connectivity index (χ4v) is 4.15. The zero-order valence-corrected chi connectivity index (χ0v) is 18.5. The molecule has 1 heterocycles. The number of rotatable bonds is 7. The monoisotopic (exact) mass is 448 g/mol. The van der Waals surface area contributed by atoms with Crippen molar-refractivity contribution in [1.29, 1.82) is 0 Å². The van der Waals surface area contributed by atoms with Gasteiger partial charge in [-0.25, -0.2) is 0 Å². The molecule has 5 nitrogen and oxygen atoms in total. The minimum atomic E-state index is -0.222. The van der Waals surface area contributed by atoms with Gasteiger partial charge in [-0.15, -0.1) is 10.2 Å². The molecule has 4 aromatic rings. The number of hydrogen-bond acceptors (Lipinski definition) is 4. The second-order valence-electron chi connectivity index (χ2n) is 7.07. The highest BCUT2D eigenvalue weighted by molar-refractivity contribution is 7.99. The average molecular weight is 449 g/mol. The second kappa shape index (κ2) is 9.81. The van der Waals surface area contributed by atoms with Gasteiger partial charge < -0.3 is 5.32 Å². The molecule has 0 spiro atoms. The number of amides is 1. The zero-order valence-electron chi connectivity index (χ0n) is 16.9. The number of benzene rings is 3. The first kappa shape index (κ1) is 21.2. The number of aryl methyl sites for hydroxylation is 1. The first-order valence-electron chi connectivity index (χ1n) is 9.80. The first-order valence-corrected chi connectivity index (χ1v) is 11.2. The van der Waals surface area contributed by atoms with Crippen LogP contribution in [0.4, 0.5) is 0 Å². The summed E-state index contributed by atoms with van der Waals surface area (Å²) >= 11 is 7.43. The van der Waals surface area contributed by atoms with Crippen LogP contribution in [0.25, 0.3) is 5.69 Å². The van der Waals surface area contributed by atoms with Gasteiger partial charge in [0.05, 0.1) is 17.5 Å². The predicted molar refractivity (Wildman–Crippen MR) is 125 cm³/mol. The molecule has 1 atom stereocenters. The van der Waals surface area contributed by atoms with Gasteiger partial charge in [0, 0.05) is 5.02 Å². The maximum Gasteiger partial charge on any atom is 0.231 e. The van der Waals surface area contributed by atoms with Gasteiger partial charge in [0.1, 0.15) is 6.33 Å². The first-order chi connectivity index (χ1) is 15.1. The van der Waals surface area contributed by atoms with Crippen molar-refractivity contribution in [1.82, 2.24) is 20.1 Å². The minimum Gasteiger partial charge on any atom is -0.344 e. The Bertz CT molecular complexity index is 1160. The van der Waals surface area contributed by atoms with E-state index in [-0.39, 0.29) is 17.7 Å². The Morgan fingerprint density at radius 1 is 1.03 bits per heavy atom. The van der Waals surface area contributed by atoms with Crippen LogP contribution in [0.15, 0.2) is 90.3 Å². The van der Waals surface area contributed by atoms with Crippen molar-refractivity contribution in [3.8, 4) is 5.69 Å². The molecular weight excluding hydrogens is 428 g/mol. The third-order valence-corrected chi connectivity index (χ3v) is 5.96. The fourth-order valence-electron chi connectivity index (χ4n) is 3.22. The highest BCUT2D eigenvalue weighted by atomic mass is 35.5. The summed E-state index contributed by atoms with van der Waals surface area (Å²) in [5.74, 6) is 0.133. The van der Waals surface area contributed by atoms with E-state index >= 15 is 0 Å². The van der Waals surface area contributed by atoms with E-state index in [4.69, 9.17) is 11.6 Å². The maximum atomic E-state index is 12.9. The van der Waals surface area contributed by atoms with Crippen LogP contribution in [0, 0.1) is 6.92 Å². The number of carbonyl (C=O) groups excluding carboxylic acids is 1. The Morgan fingerprint density at radius 3 is 2.52 bits per heavy atom. The van der Waals surface area contributed by atoms with Crippen LogP contribution in [0.3, 0.4) is 0 Å². The quantitative estimate of drug-likeness (QED) is 0.393. The number of aromatic nitrogens is 3. The van der Waals surface area contributed by atoms with Gasteiger partial charge >= 0.3 is 0 Å². The maximum absolute atomic E-state index is 12.9. The van der Waals surface area contributed by atoms with E-state index in [9.17, 15) is 4.79 Å². The number of carbonyl (C=O) groups is 1. The van der Waals surface area contributed by atoms with Crippen molar-refractivity contribution in [2.24, 2.45) is 0 Å². The summed E-state index contributed by atoms with van der Waals surface area (Å²) in [6.45, 7) is 2.05. The molecule has 0 fully saturated rings. The van der Waals surface area contributed by atoms with Crippen molar-refractivity contribution in [3.63, 3.8) is 0 Å². The van der Waals surface area contributed by atoms with Crippen LogP contribution < -0.4 is 5.32 Å². The Kier molecular flexibility index (Phi) is 6.70. The summed E-state index contributed by atoms with van der Waals surface area (Å²) in [7, 11) is 0. The lowest BCUT2D eigenvalue weighted by atomic mass is 9.98. The van der Waals surface area contributed by atoms with Gasteiger partial charge in [0.15, 0.2) is 5.16 Å². The molecule has 1 N–H and O–H groups in total. The molecule has 4 rings (SSSR count). The lowest BCUT2D eigenvalue weighted by molar-refractivity contribution is -0.119. The van der Waals surface area contributed by atoms with Crippen molar-refractivity contribution in [2.75, 3.05) is 5.75 Å². The van der Waals surface area contributed by atoms with E-state index in [0.717, 1.165) is 16.8 Å². The molecule has 1 unspecified atom stereocenters. The molecule has 0 saturated carbocycles. The molecular formula is C24H21ClN4OS. The standard InChI is InChI=1S/C24H21ClN4OS/c1-17-10-12-19(13-11-17)23(18-6-3-2-4-7-18)27-22(30)15-31-24-28-26-16-29(24)21-9-5-8-20(25)14-21/h2-14,16,23H,15H2,1H3,(H,27,30). The van der Waals surface area contributed by atoms with Crippen LogP contribution in [0.1, 0.15) is 22.7 Å². The summed E-state index contributed by atoms with van der Waals surface area (Å²) in [4.78, 5) is 12.9. The molecule has 0 bridgehead atoms. The molecule has 0 aliphatic rings. The van der Waals surface area contributed by atoms with E-state index in [2.05, 4.69) is 39.8 Å². The highest BCUT2D eigenvalue weighted by Crippen LogP contribution is 2.24. The van der Waals surface area contributed by atoms with E-state index < -0.39 is 0 Å². The Labute approximate surface area is 190 Å². The summed E-state index contributed by atoms with van der Waals surface area (Å²) in [6.07, 6.45) is 1.62. The molecule has 156 valence electrons. The zero-order chi connectivity index (χ0) is 21.6. The third kappa shape index (κ3) is 5.34. The molecule has 7 heteroatoms. The van der Waals surface area contributed by atoms with Crippen molar-refractivity contribution in [2.45, 2.75) is 18.1 Å². The normalized spacial score (nSPS) is 11.8. The minimum absolute atomic E-state index is 0.0833. The molecule has 1 amide bonds. The third-order valence-electron chi connectivity index (χ3n) is 4.78. The van der Waals surface area contributed by atoms with Crippen LogP contribution in [0.5, 0.6) is 0 Å². The van der Waals surface area contributed by atoms with Crippen LogP contribution in [-0.4, -0.2) is 26.4 Å². The largest absolute Gasteiger partial charge is 0.344 e. The summed E-state index contributed by atoms with van der Waals surface area (Å²) in [6, 6.07) is 25.4. The van der Waals surface area contributed by atoms with E-state index in [0.29, 0.717) is 10.2 Å².